The molecule has 1 aliphatic rings. The molecule has 0 atom stereocenters. The summed E-state index contributed by atoms with van der Waals surface area (Å²) in [6.45, 7) is 0.713. The van der Waals surface area contributed by atoms with Crippen LogP contribution in [0.5, 0.6) is 5.75 Å². The Morgan fingerprint density at radius 2 is 1.52 bits per heavy atom. The first-order valence-corrected chi connectivity index (χ1v) is 7.89. The van der Waals surface area contributed by atoms with E-state index in [9.17, 15) is 14.4 Å². The van der Waals surface area contributed by atoms with Crippen LogP contribution in [0.3, 0.4) is 0 Å². The molecule has 6 nitrogen and oxygen atoms in total. The van der Waals surface area contributed by atoms with E-state index in [1.54, 1.807) is 29.2 Å². The number of anilines is 1. The third kappa shape index (κ3) is 3.68. The summed E-state index contributed by atoms with van der Waals surface area (Å²) in [7, 11) is 1.30. The molecule has 25 heavy (non-hydrogen) atoms. The van der Waals surface area contributed by atoms with E-state index in [-0.39, 0.29) is 5.91 Å². The first-order valence-electron chi connectivity index (χ1n) is 7.89. The Bertz CT molecular complexity index is 796. The maximum Gasteiger partial charge on any atom is 0.343 e. The van der Waals surface area contributed by atoms with E-state index in [1.165, 1.54) is 31.4 Å². The standard InChI is InChI=1S/C19H17NO5/c1-24-18(22)13-4-6-14(7-5-13)19(23)25-16-10-8-15(9-11-16)20-12-2-3-17(20)21/h4-11H,2-3,12H2,1H3. The molecular weight excluding hydrogens is 322 g/mol. The largest absolute Gasteiger partial charge is 0.465 e. The van der Waals surface area contributed by atoms with Gasteiger partial charge in [-0.05, 0) is 55.0 Å². The average Bonchev–Trinajstić information content (AvgIpc) is 3.07. The molecule has 0 bridgehead atoms. The van der Waals surface area contributed by atoms with Gasteiger partial charge in [-0.15, -0.1) is 0 Å². The van der Waals surface area contributed by atoms with Gasteiger partial charge in [0.25, 0.3) is 0 Å². The second-order valence-electron chi connectivity index (χ2n) is 5.60. The molecule has 2 aromatic carbocycles. The lowest BCUT2D eigenvalue weighted by Gasteiger charge is -2.15. The van der Waals surface area contributed by atoms with Gasteiger partial charge in [-0.2, -0.15) is 0 Å². The number of rotatable bonds is 4. The number of benzene rings is 2. The van der Waals surface area contributed by atoms with Crippen LogP contribution >= 0.6 is 0 Å². The van der Waals surface area contributed by atoms with Crippen molar-refractivity contribution in [3.8, 4) is 5.75 Å². The van der Waals surface area contributed by atoms with E-state index >= 15 is 0 Å². The number of nitrogens with zero attached hydrogens (tertiary/aromatic N) is 1. The quantitative estimate of drug-likeness (QED) is 0.633. The van der Waals surface area contributed by atoms with Crippen molar-refractivity contribution < 1.29 is 23.9 Å². The molecule has 6 heteroatoms. The molecule has 3 rings (SSSR count). The lowest BCUT2D eigenvalue weighted by atomic mass is 10.1. The SMILES string of the molecule is COC(=O)c1ccc(C(=O)Oc2ccc(N3CCCC3=O)cc2)cc1. The minimum absolute atomic E-state index is 0.107. The van der Waals surface area contributed by atoms with E-state index in [1.807, 2.05) is 0 Å². The van der Waals surface area contributed by atoms with Gasteiger partial charge < -0.3 is 14.4 Å². The zero-order chi connectivity index (χ0) is 17.8. The molecule has 0 radical (unpaired) electrons. The maximum atomic E-state index is 12.2. The number of esters is 2. The summed E-state index contributed by atoms with van der Waals surface area (Å²) in [5.74, 6) is -0.499. The van der Waals surface area contributed by atoms with E-state index in [4.69, 9.17) is 4.74 Å². The van der Waals surface area contributed by atoms with Crippen LogP contribution in [0.4, 0.5) is 5.69 Å². The number of amides is 1. The van der Waals surface area contributed by atoms with Gasteiger partial charge in [0.2, 0.25) is 5.91 Å². The van der Waals surface area contributed by atoms with Crippen molar-refractivity contribution in [3.63, 3.8) is 0 Å². The van der Waals surface area contributed by atoms with Crippen LogP contribution < -0.4 is 9.64 Å². The average molecular weight is 339 g/mol. The second kappa shape index (κ2) is 7.17. The number of methoxy groups -OCH3 is 1. The molecule has 0 aliphatic carbocycles. The highest BCUT2D eigenvalue weighted by Crippen LogP contribution is 2.24. The van der Waals surface area contributed by atoms with Crippen molar-refractivity contribution in [2.45, 2.75) is 12.8 Å². The summed E-state index contributed by atoms with van der Waals surface area (Å²) in [6.07, 6.45) is 1.43. The topological polar surface area (TPSA) is 72.9 Å². The fraction of sp³-hybridized carbons (Fsp3) is 0.211. The predicted octanol–water partition coefficient (Wildman–Crippen LogP) is 2.82. The molecule has 1 heterocycles. The third-order valence-electron chi connectivity index (χ3n) is 3.97. The van der Waals surface area contributed by atoms with Gasteiger partial charge in [0, 0.05) is 18.7 Å². The molecule has 2 aromatic rings. The molecule has 1 amide bonds. The summed E-state index contributed by atoms with van der Waals surface area (Å²) in [5, 5.41) is 0. The molecule has 0 N–H and O–H groups in total. The van der Waals surface area contributed by atoms with Crippen LogP contribution in [0.2, 0.25) is 0 Å². The highest BCUT2D eigenvalue weighted by atomic mass is 16.5. The zero-order valence-electron chi connectivity index (χ0n) is 13.7. The van der Waals surface area contributed by atoms with Gasteiger partial charge in [0.05, 0.1) is 18.2 Å². The molecule has 0 saturated carbocycles. The summed E-state index contributed by atoms with van der Waals surface area (Å²) >= 11 is 0. The molecule has 1 saturated heterocycles. The first-order chi connectivity index (χ1) is 12.1. The van der Waals surface area contributed by atoms with Crippen LogP contribution in [0, 0.1) is 0 Å². The Morgan fingerprint density at radius 3 is 2.04 bits per heavy atom. The molecule has 0 aromatic heterocycles. The summed E-state index contributed by atoms with van der Waals surface area (Å²) in [4.78, 5) is 37.0. The first kappa shape index (κ1) is 16.7. The van der Waals surface area contributed by atoms with E-state index in [2.05, 4.69) is 4.74 Å². The lowest BCUT2D eigenvalue weighted by molar-refractivity contribution is -0.117. The van der Waals surface area contributed by atoms with Gasteiger partial charge >= 0.3 is 11.9 Å². The maximum absolute atomic E-state index is 12.2. The van der Waals surface area contributed by atoms with E-state index < -0.39 is 11.9 Å². The zero-order valence-corrected chi connectivity index (χ0v) is 13.7. The molecule has 0 unspecified atom stereocenters. The van der Waals surface area contributed by atoms with Gasteiger partial charge in [0.15, 0.2) is 0 Å². The number of hydrogen-bond donors (Lipinski definition) is 0. The van der Waals surface area contributed by atoms with E-state index in [0.717, 1.165) is 12.1 Å². The van der Waals surface area contributed by atoms with Crippen molar-refractivity contribution in [3.05, 3.63) is 59.7 Å². The second-order valence-corrected chi connectivity index (χ2v) is 5.60. The van der Waals surface area contributed by atoms with Crippen molar-refractivity contribution in [1.29, 1.82) is 0 Å². The fourth-order valence-corrected chi connectivity index (χ4v) is 2.64. The molecule has 1 aliphatic heterocycles. The highest BCUT2D eigenvalue weighted by molar-refractivity contribution is 5.96. The summed E-state index contributed by atoms with van der Waals surface area (Å²) in [5.41, 5.74) is 1.48. The number of hydrogen-bond acceptors (Lipinski definition) is 5. The Balaban J connectivity index is 1.66. The Kier molecular flexibility index (Phi) is 4.79. The van der Waals surface area contributed by atoms with Crippen molar-refractivity contribution in [1.82, 2.24) is 0 Å². The van der Waals surface area contributed by atoms with Gasteiger partial charge in [-0.3, -0.25) is 4.79 Å². The summed E-state index contributed by atoms with van der Waals surface area (Å²) < 4.78 is 9.92. The third-order valence-corrected chi connectivity index (χ3v) is 3.97. The summed E-state index contributed by atoms with van der Waals surface area (Å²) in [6, 6.07) is 12.8. The molecule has 1 fully saturated rings. The minimum atomic E-state index is -0.526. The van der Waals surface area contributed by atoms with Gasteiger partial charge in [-0.25, -0.2) is 9.59 Å². The lowest BCUT2D eigenvalue weighted by Crippen LogP contribution is -2.23. The van der Waals surface area contributed by atoms with Crippen LogP contribution in [0.25, 0.3) is 0 Å². The smallest absolute Gasteiger partial charge is 0.343 e. The van der Waals surface area contributed by atoms with Crippen LogP contribution in [-0.2, 0) is 9.53 Å². The number of carbonyl (C=O) groups excluding carboxylic acids is 3. The van der Waals surface area contributed by atoms with Crippen LogP contribution in [-0.4, -0.2) is 31.5 Å². The van der Waals surface area contributed by atoms with Crippen molar-refractivity contribution in [2.24, 2.45) is 0 Å². The van der Waals surface area contributed by atoms with Crippen LogP contribution in [0.1, 0.15) is 33.6 Å². The molecular formula is C19H17NO5. The minimum Gasteiger partial charge on any atom is -0.465 e. The van der Waals surface area contributed by atoms with Crippen molar-refractivity contribution in [2.75, 3.05) is 18.6 Å². The predicted molar refractivity (Wildman–Crippen MR) is 90.8 cm³/mol. The molecule has 128 valence electrons. The normalized spacial score (nSPS) is 13.6. The highest BCUT2D eigenvalue weighted by Gasteiger charge is 2.21. The van der Waals surface area contributed by atoms with Gasteiger partial charge in [0.1, 0.15) is 5.75 Å². The Labute approximate surface area is 145 Å². The number of carbonyl (C=O) groups is 3. The van der Waals surface area contributed by atoms with E-state index in [0.29, 0.717) is 29.8 Å². The molecule has 0 spiro atoms. The Hall–Kier alpha value is -3.15. The van der Waals surface area contributed by atoms with Crippen LogP contribution in [0.15, 0.2) is 48.5 Å². The number of ether oxygens (including phenoxy) is 2. The fourth-order valence-electron chi connectivity index (χ4n) is 2.64. The monoisotopic (exact) mass is 339 g/mol. The Morgan fingerprint density at radius 1 is 0.920 bits per heavy atom. The van der Waals surface area contributed by atoms with Gasteiger partial charge in [-0.1, -0.05) is 0 Å². The van der Waals surface area contributed by atoms with Crippen molar-refractivity contribution >= 4 is 23.5 Å².